The number of aromatic amines is 1. The Labute approximate surface area is 157 Å². The Bertz CT molecular complexity index is 611. The molecule has 146 valence electrons. The molecule has 1 aliphatic heterocycles. The highest BCUT2D eigenvalue weighted by molar-refractivity contribution is 5.81. The molecule has 2 amide bonds. The van der Waals surface area contributed by atoms with Gasteiger partial charge in [0.15, 0.2) is 0 Å². The smallest absolute Gasteiger partial charge is 0.228 e. The summed E-state index contributed by atoms with van der Waals surface area (Å²) in [5, 5.41) is 3.25. The van der Waals surface area contributed by atoms with Gasteiger partial charge in [-0.15, -0.1) is 0 Å². The van der Waals surface area contributed by atoms with Gasteiger partial charge in [0.25, 0.3) is 0 Å². The topological polar surface area (TPSA) is 78.1 Å². The molecule has 2 heterocycles. The molecule has 6 nitrogen and oxygen atoms in total. The van der Waals surface area contributed by atoms with E-state index in [0.717, 1.165) is 37.1 Å². The molecule has 0 spiro atoms. The maximum Gasteiger partial charge on any atom is 0.228 e. The fourth-order valence-electron chi connectivity index (χ4n) is 4.07. The van der Waals surface area contributed by atoms with Crippen molar-refractivity contribution in [2.24, 2.45) is 11.8 Å². The molecule has 1 unspecified atom stereocenters. The molecule has 1 saturated heterocycles. The summed E-state index contributed by atoms with van der Waals surface area (Å²) in [5.41, 5.74) is 1.74. The Morgan fingerprint density at radius 3 is 2.65 bits per heavy atom. The molecule has 3 atom stereocenters. The third kappa shape index (κ3) is 4.65. The van der Waals surface area contributed by atoms with Crippen molar-refractivity contribution in [2.75, 3.05) is 6.54 Å². The van der Waals surface area contributed by atoms with Crippen LogP contribution in [0.5, 0.6) is 0 Å². The average molecular weight is 363 g/mol. The highest BCUT2D eigenvalue weighted by Gasteiger charge is 2.40. The van der Waals surface area contributed by atoms with Crippen LogP contribution in [-0.2, 0) is 16.0 Å². The van der Waals surface area contributed by atoms with E-state index >= 15 is 0 Å². The Morgan fingerprint density at radius 1 is 1.38 bits per heavy atom. The zero-order chi connectivity index (χ0) is 19.3. The van der Waals surface area contributed by atoms with Crippen molar-refractivity contribution in [1.29, 1.82) is 0 Å². The average Bonchev–Trinajstić information content (AvgIpc) is 3.19. The van der Waals surface area contributed by atoms with Crippen molar-refractivity contribution in [2.45, 2.75) is 78.8 Å². The van der Waals surface area contributed by atoms with Crippen LogP contribution in [0.1, 0.15) is 64.8 Å². The summed E-state index contributed by atoms with van der Waals surface area (Å²) in [5.74, 6) is 0.598. The first-order valence-corrected chi connectivity index (χ1v) is 9.97. The molecule has 2 N–H and O–H groups in total. The van der Waals surface area contributed by atoms with Crippen LogP contribution in [0.15, 0.2) is 6.33 Å². The van der Waals surface area contributed by atoms with E-state index in [4.69, 9.17) is 0 Å². The summed E-state index contributed by atoms with van der Waals surface area (Å²) < 4.78 is 0. The number of H-pyrrole nitrogens is 1. The van der Waals surface area contributed by atoms with Gasteiger partial charge in [-0.1, -0.05) is 34.1 Å². The molecule has 6 heteroatoms. The third-order valence-corrected chi connectivity index (χ3v) is 5.54. The van der Waals surface area contributed by atoms with Gasteiger partial charge in [0.2, 0.25) is 11.8 Å². The first-order valence-electron chi connectivity index (χ1n) is 9.97. The number of hydrogen-bond acceptors (Lipinski definition) is 3. The molecule has 0 radical (unpaired) electrons. The number of imidazole rings is 1. The lowest BCUT2D eigenvalue weighted by atomic mass is 9.94. The van der Waals surface area contributed by atoms with Crippen LogP contribution in [0.3, 0.4) is 0 Å². The van der Waals surface area contributed by atoms with Crippen LogP contribution in [0.4, 0.5) is 0 Å². The molecule has 0 aromatic carbocycles. The molecule has 1 aromatic heterocycles. The predicted molar refractivity (Wildman–Crippen MR) is 103 cm³/mol. The standard InChI is InChI=1S/C20H34N4O2/c1-6-8-15(7-2)20(26)23-16-9-10-24(19(16)13(3)4)18(25)11-17-14(5)21-12-22-17/h12-13,15-16,19H,6-11H2,1-5H3,(H,21,22)(H,23,26)/t15?,16-,19+/m1/s1. The number of nitrogens with zero attached hydrogens (tertiary/aromatic N) is 2. The molecule has 0 aliphatic carbocycles. The second kappa shape index (κ2) is 9.19. The summed E-state index contributed by atoms with van der Waals surface area (Å²) in [6.45, 7) is 11.1. The number of aryl methyl sites for hydroxylation is 1. The highest BCUT2D eigenvalue weighted by atomic mass is 16.2. The zero-order valence-corrected chi connectivity index (χ0v) is 16.8. The van der Waals surface area contributed by atoms with Crippen molar-refractivity contribution in [1.82, 2.24) is 20.2 Å². The van der Waals surface area contributed by atoms with Gasteiger partial charge in [-0.2, -0.15) is 0 Å². The Hall–Kier alpha value is -1.85. The molecule has 1 aromatic rings. The molecule has 0 bridgehead atoms. The molecular formula is C20H34N4O2. The van der Waals surface area contributed by atoms with E-state index in [-0.39, 0.29) is 29.8 Å². The van der Waals surface area contributed by atoms with Crippen LogP contribution < -0.4 is 5.32 Å². The molecule has 0 saturated carbocycles. The van der Waals surface area contributed by atoms with E-state index in [1.165, 1.54) is 0 Å². The largest absolute Gasteiger partial charge is 0.351 e. The molecule has 2 rings (SSSR count). The number of likely N-dealkylation sites (tertiary alicyclic amines) is 1. The number of rotatable bonds is 8. The van der Waals surface area contributed by atoms with E-state index in [2.05, 4.69) is 43.0 Å². The molecule has 1 aliphatic rings. The van der Waals surface area contributed by atoms with Crippen molar-refractivity contribution < 1.29 is 9.59 Å². The van der Waals surface area contributed by atoms with Crippen LogP contribution in [0.2, 0.25) is 0 Å². The minimum atomic E-state index is 0.0395. The maximum absolute atomic E-state index is 12.9. The Balaban J connectivity index is 2.05. The van der Waals surface area contributed by atoms with E-state index in [1.807, 2.05) is 11.8 Å². The quantitative estimate of drug-likeness (QED) is 0.746. The Kier molecular flexibility index (Phi) is 7.23. The lowest BCUT2D eigenvalue weighted by Gasteiger charge is -2.32. The van der Waals surface area contributed by atoms with Gasteiger partial charge in [-0.3, -0.25) is 9.59 Å². The van der Waals surface area contributed by atoms with Gasteiger partial charge in [-0.05, 0) is 32.1 Å². The number of aromatic nitrogens is 2. The van der Waals surface area contributed by atoms with Crippen molar-refractivity contribution in [3.63, 3.8) is 0 Å². The predicted octanol–water partition coefficient (Wildman–Crippen LogP) is 2.83. The summed E-state index contributed by atoms with van der Waals surface area (Å²) in [6.07, 6.45) is 5.55. The summed E-state index contributed by atoms with van der Waals surface area (Å²) >= 11 is 0. The van der Waals surface area contributed by atoms with E-state index < -0.39 is 0 Å². The SMILES string of the molecule is CCCC(CC)C(=O)N[C@@H]1CCN(C(=O)Cc2nc[nH]c2C)[C@H]1C(C)C. The Morgan fingerprint density at radius 2 is 2.12 bits per heavy atom. The zero-order valence-electron chi connectivity index (χ0n) is 16.8. The highest BCUT2D eigenvalue weighted by Crippen LogP contribution is 2.26. The van der Waals surface area contributed by atoms with Crippen LogP contribution in [0, 0.1) is 18.8 Å². The first-order chi connectivity index (χ1) is 12.4. The molecular weight excluding hydrogens is 328 g/mol. The number of amides is 2. The first kappa shape index (κ1) is 20.5. The van der Waals surface area contributed by atoms with Gasteiger partial charge in [-0.25, -0.2) is 4.98 Å². The van der Waals surface area contributed by atoms with E-state index in [1.54, 1.807) is 6.33 Å². The number of carbonyl (C=O) groups excluding carboxylic acids is 2. The lowest BCUT2D eigenvalue weighted by molar-refractivity contribution is -0.133. The van der Waals surface area contributed by atoms with Crippen molar-refractivity contribution in [3.8, 4) is 0 Å². The summed E-state index contributed by atoms with van der Waals surface area (Å²) in [4.78, 5) is 34.7. The second-order valence-corrected chi connectivity index (χ2v) is 7.77. The summed E-state index contributed by atoms with van der Waals surface area (Å²) in [7, 11) is 0. The maximum atomic E-state index is 12.9. The lowest BCUT2D eigenvalue weighted by Crippen LogP contribution is -2.50. The van der Waals surface area contributed by atoms with Gasteiger partial charge in [0.1, 0.15) is 0 Å². The monoisotopic (exact) mass is 362 g/mol. The van der Waals surface area contributed by atoms with Gasteiger partial charge >= 0.3 is 0 Å². The number of nitrogens with one attached hydrogen (secondary N) is 2. The minimum absolute atomic E-state index is 0.0395. The number of hydrogen-bond donors (Lipinski definition) is 2. The van der Waals surface area contributed by atoms with E-state index in [9.17, 15) is 9.59 Å². The van der Waals surface area contributed by atoms with Gasteiger partial charge in [0, 0.05) is 18.2 Å². The summed E-state index contributed by atoms with van der Waals surface area (Å²) in [6, 6.07) is 0.0856. The molecule has 1 fully saturated rings. The van der Waals surface area contributed by atoms with Crippen LogP contribution in [0.25, 0.3) is 0 Å². The van der Waals surface area contributed by atoms with Gasteiger partial charge in [0.05, 0.1) is 30.5 Å². The van der Waals surface area contributed by atoms with Crippen LogP contribution in [-0.4, -0.2) is 45.3 Å². The molecule has 26 heavy (non-hydrogen) atoms. The van der Waals surface area contributed by atoms with Crippen molar-refractivity contribution >= 4 is 11.8 Å². The van der Waals surface area contributed by atoms with Crippen molar-refractivity contribution in [3.05, 3.63) is 17.7 Å². The van der Waals surface area contributed by atoms with Gasteiger partial charge < -0.3 is 15.2 Å². The fourth-order valence-corrected chi connectivity index (χ4v) is 4.07. The normalized spacial score (nSPS) is 21.2. The third-order valence-electron chi connectivity index (χ3n) is 5.54. The second-order valence-electron chi connectivity index (χ2n) is 7.77. The fraction of sp³-hybridized carbons (Fsp3) is 0.750. The minimum Gasteiger partial charge on any atom is -0.351 e. The van der Waals surface area contributed by atoms with E-state index in [0.29, 0.717) is 18.9 Å². The number of carbonyl (C=O) groups is 2. The van der Waals surface area contributed by atoms with Crippen LogP contribution >= 0.6 is 0 Å².